The van der Waals surface area contributed by atoms with Crippen molar-refractivity contribution in [3.05, 3.63) is 66.0 Å². The Hall–Kier alpha value is -3.39. The Kier molecular flexibility index (Phi) is 7.57. The fourth-order valence-electron chi connectivity index (χ4n) is 3.95. The molecule has 2 aromatic carbocycles. The zero-order valence-electron chi connectivity index (χ0n) is 19.9. The van der Waals surface area contributed by atoms with E-state index in [1.165, 1.54) is 6.33 Å². The number of anilines is 1. The summed E-state index contributed by atoms with van der Waals surface area (Å²) >= 11 is 0. The van der Waals surface area contributed by atoms with E-state index >= 15 is 0 Å². The molecule has 0 amide bonds. The molecule has 3 aromatic rings. The lowest BCUT2D eigenvalue weighted by molar-refractivity contribution is -0.143. The van der Waals surface area contributed by atoms with E-state index in [0.29, 0.717) is 23.9 Å². The summed E-state index contributed by atoms with van der Waals surface area (Å²) in [7, 11) is -4.63. The zero-order chi connectivity index (χ0) is 27.7. The molecular formula is C24H22F6N4O3S. The number of rotatable bonds is 6. The minimum atomic E-state index is -5.15. The first-order valence-electron chi connectivity index (χ1n) is 11.4. The van der Waals surface area contributed by atoms with E-state index in [4.69, 9.17) is 4.74 Å². The Labute approximate surface area is 214 Å². The van der Waals surface area contributed by atoms with Crippen LogP contribution in [0.1, 0.15) is 18.1 Å². The maximum atomic E-state index is 13.2. The van der Waals surface area contributed by atoms with Crippen molar-refractivity contribution in [2.45, 2.75) is 24.2 Å². The number of hydrogen-bond acceptors (Lipinski definition) is 6. The van der Waals surface area contributed by atoms with Gasteiger partial charge >= 0.3 is 12.4 Å². The Morgan fingerprint density at radius 2 is 1.42 bits per heavy atom. The minimum absolute atomic E-state index is 0.103. The second kappa shape index (κ2) is 10.4. The van der Waals surface area contributed by atoms with Crippen molar-refractivity contribution in [3.63, 3.8) is 0 Å². The van der Waals surface area contributed by atoms with E-state index in [2.05, 4.69) is 9.97 Å². The molecule has 0 unspecified atom stereocenters. The molecule has 1 fully saturated rings. The molecule has 0 saturated carbocycles. The predicted molar refractivity (Wildman–Crippen MR) is 126 cm³/mol. The molecule has 0 aliphatic carbocycles. The molecule has 0 N–H and O–H groups in total. The van der Waals surface area contributed by atoms with Crippen LogP contribution >= 0.6 is 0 Å². The second-order valence-corrected chi connectivity index (χ2v) is 10.3. The first-order valence-corrected chi connectivity index (χ1v) is 12.8. The van der Waals surface area contributed by atoms with Crippen LogP contribution in [0, 0.1) is 0 Å². The Balaban J connectivity index is 1.52. The van der Waals surface area contributed by atoms with Gasteiger partial charge in [-0.25, -0.2) is 18.4 Å². The van der Waals surface area contributed by atoms with E-state index in [1.54, 1.807) is 23.1 Å². The lowest BCUT2D eigenvalue weighted by Gasteiger charge is -2.34. The van der Waals surface area contributed by atoms with Crippen LogP contribution in [0.4, 0.5) is 32.2 Å². The van der Waals surface area contributed by atoms with E-state index in [-0.39, 0.29) is 44.4 Å². The number of nitrogens with zero attached hydrogens (tertiary/aromatic N) is 4. The number of alkyl halides is 6. The second-order valence-electron chi connectivity index (χ2n) is 8.35. The average molecular weight is 561 g/mol. The van der Waals surface area contributed by atoms with Crippen LogP contribution in [0.2, 0.25) is 0 Å². The van der Waals surface area contributed by atoms with Gasteiger partial charge in [0.05, 0.1) is 28.3 Å². The topological polar surface area (TPSA) is 75.6 Å². The van der Waals surface area contributed by atoms with Crippen molar-refractivity contribution in [2.75, 3.05) is 37.7 Å². The lowest BCUT2D eigenvalue weighted by Crippen LogP contribution is -2.49. The van der Waals surface area contributed by atoms with E-state index < -0.39 is 38.4 Å². The molecule has 1 aromatic heterocycles. The van der Waals surface area contributed by atoms with Crippen LogP contribution in [-0.4, -0.2) is 55.5 Å². The van der Waals surface area contributed by atoms with E-state index in [1.807, 2.05) is 19.1 Å². The van der Waals surface area contributed by atoms with Crippen LogP contribution in [0.5, 0.6) is 5.75 Å². The first kappa shape index (κ1) is 27.6. The summed E-state index contributed by atoms with van der Waals surface area (Å²) in [5.41, 5.74) is -1.97. The van der Waals surface area contributed by atoms with Gasteiger partial charge in [0.15, 0.2) is 0 Å². The molecule has 7 nitrogen and oxygen atoms in total. The standard InChI is InChI=1S/C24H22F6N4O3S/c1-2-37-19-5-3-16(4-6-19)21-14-22(32-15-31-21)33-7-9-34(10-8-33)38(35,36)20-12-17(23(25,26)27)11-18(13-20)24(28,29)30/h3-6,11-15H,2,7-10H2,1H3. The first-order chi connectivity index (χ1) is 17.8. The third kappa shape index (κ3) is 6.01. The Morgan fingerprint density at radius 3 is 1.95 bits per heavy atom. The molecule has 2 heterocycles. The third-order valence-corrected chi connectivity index (χ3v) is 7.75. The highest BCUT2D eigenvalue weighted by molar-refractivity contribution is 7.89. The van der Waals surface area contributed by atoms with Gasteiger partial charge in [-0.1, -0.05) is 0 Å². The van der Waals surface area contributed by atoms with Gasteiger partial charge in [0, 0.05) is 37.8 Å². The van der Waals surface area contributed by atoms with Gasteiger partial charge in [0.1, 0.15) is 17.9 Å². The summed E-state index contributed by atoms with van der Waals surface area (Å²) in [4.78, 5) is 9.19. The fourth-order valence-corrected chi connectivity index (χ4v) is 5.44. The summed E-state index contributed by atoms with van der Waals surface area (Å²) < 4.78 is 112. The van der Waals surface area contributed by atoms with Crippen molar-refractivity contribution < 1.29 is 39.5 Å². The summed E-state index contributed by atoms with van der Waals surface area (Å²) in [5, 5.41) is 0. The summed E-state index contributed by atoms with van der Waals surface area (Å²) in [6, 6.07) is 9.30. The van der Waals surface area contributed by atoms with Crippen LogP contribution in [0.25, 0.3) is 11.3 Å². The highest BCUT2D eigenvalue weighted by atomic mass is 32.2. The van der Waals surface area contributed by atoms with Crippen LogP contribution in [0.15, 0.2) is 59.8 Å². The van der Waals surface area contributed by atoms with Crippen molar-refractivity contribution in [3.8, 4) is 17.0 Å². The predicted octanol–water partition coefficient (Wildman–Crippen LogP) is 5.09. The molecule has 14 heteroatoms. The number of aromatic nitrogens is 2. The smallest absolute Gasteiger partial charge is 0.416 e. The summed E-state index contributed by atoms with van der Waals surface area (Å²) in [5.74, 6) is 1.20. The summed E-state index contributed by atoms with van der Waals surface area (Å²) in [6.45, 7) is 2.30. The largest absolute Gasteiger partial charge is 0.494 e. The van der Waals surface area contributed by atoms with E-state index in [0.717, 1.165) is 9.87 Å². The van der Waals surface area contributed by atoms with Gasteiger partial charge in [-0.3, -0.25) is 0 Å². The van der Waals surface area contributed by atoms with Crippen molar-refractivity contribution in [1.29, 1.82) is 0 Å². The van der Waals surface area contributed by atoms with E-state index in [9.17, 15) is 34.8 Å². The molecule has 4 rings (SSSR count). The molecule has 38 heavy (non-hydrogen) atoms. The van der Waals surface area contributed by atoms with Gasteiger partial charge in [0.2, 0.25) is 10.0 Å². The molecule has 0 spiro atoms. The number of benzene rings is 2. The van der Waals surface area contributed by atoms with Crippen molar-refractivity contribution >= 4 is 15.8 Å². The molecule has 0 bridgehead atoms. The van der Waals surface area contributed by atoms with Crippen LogP contribution in [0.3, 0.4) is 0 Å². The molecule has 0 radical (unpaired) electrons. The van der Waals surface area contributed by atoms with Crippen molar-refractivity contribution in [1.82, 2.24) is 14.3 Å². The van der Waals surface area contributed by atoms with Gasteiger partial charge in [-0.15, -0.1) is 0 Å². The van der Waals surface area contributed by atoms with Crippen LogP contribution in [-0.2, 0) is 22.4 Å². The number of hydrogen-bond donors (Lipinski definition) is 0. The van der Waals surface area contributed by atoms with Gasteiger partial charge in [-0.2, -0.15) is 30.6 Å². The normalized spacial score (nSPS) is 15.5. The third-order valence-electron chi connectivity index (χ3n) is 5.88. The zero-order valence-corrected chi connectivity index (χ0v) is 20.7. The SMILES string of the molecule is CCOc1ccc(-c2cc(N3CCN(S(=O)(=O)c4cc(C(F)(F)F)cc(C(F)(F)F)c4)CC3)ncn2)cc1. The monoisotopic (exact) mass is 560 g/mol. The quantitative estimate of drug-likeness (QED) is 0.391. The fraction of sp³-hybridized carbons (Fsp3) is 0.333. The lowest BCUT2D eigenvalue weighted by atomic mass is 10.1. The number of halogens is 6. The molecule has 0 atom stereocenters. The average Bonchev–Trinajstić information content (AvgIpc) is 2.88. The van der Waals surface area contributed by atoms with Gasteiger partial charge in [-0.05, 0) is 49.4 Å². The van der Waals surface area contributed by atoms with Gasteiger partial charge < -0.3 is 9.64 Å². The molecule has 204 valence electrons. The van der Waals surface area contributed by atoms with Crippen molar-refractivity contribution in [2.24, 2.45) is 0 Å². The molecule has 1 saturated heterocycles. The maximum absolute atomic E-state index is 13.2. The van der Waals surface area contributed by atoms with Gasteiger partial charge in [0.25, 0.3) is 0 Å². The molecule has 1 aliphatic rings. The Morgan fingerprint density at radius 1 is 0.842 bits per heavy atom. The highest BCUT2D eigenvalue weighted by Crippen LogP contribution is 2.38. The Bertz CT molecular complexity index is 1360. The number of ether oxygens (including phenoxy) is 1. The number of piperazine rings is 1. The number of sulfonamides is 1. The maximum Gasteiger partial charge on any atom is 0.416 e. The minimum Gasteiger partial charge on any atom is -0.494 e. The molecule has 1 aliphatic heterocycles. The molecular weight excluding hydrogens is 538 g/mol. The van der Waals surface area contributed by atoms with Crippen LogP contribution < -0.4 is 9.64 Å². The highest BCUT2D eigenvalue weighted by Gasteiger charge is 2.39. The summed E-state index contributed by atoms with van der Waals surface area (Å²) in [6.07, 6.45) is -8.96.